The maximum absolute atomic E-state index is 12.4. The maximum Gasteiger partial charge on any atom is 0.319 e. The minimum atomic E-state index is -0.199. The predicted molar refractivity (Wildman–Crippen MR) is 111 cm³/mol. The van der Waals surface area contributed by atoms with Crippen molar-refractivity contribution in [2.75, 3.05) is 25.0 Å². The molecule has 2 heterocycles. The second kappa shape index (κ2) is 9.90. The van der Waals surface area contributed by atoms with E-state index in [0.717, 1.165) is 43.7 Å². The van der Waals surface area contributed by atoms with E-state index in [2.05, 4.69) is 27.1 Å². The van der Waals surface area contributed by atoms with Gasteiger partial charge < -0.3 is 15.4 Å². The third-order valence-corrected chi connectivity index (χ3v) is 4.64. The van der Waals surface area contributed by atoms with Crippen LogP contribution in [0.5, 0.6) is 5.75 Å². The molecule has 0 atom stereocenters. The summed E-state index contributed by atoms with van der Waals surface area (Å²) in [6, 6.07) is 13.4. The number of amides is 2. The van der Waals surface area contributed by atoms with Gasteiger partial charge in [0.25, 0.3) is 0 Å². The Morgan fingerprint density at radius 3 is 2.68 bits per heavy atom. The largest absolute Gasteiger partial charge is 0.487 e. The number of nitrogens with zero attached hydrogens (tertiary/aromatic N) is 2. The molecule has 0 radical (unpaired) electrons. The number of carbonyl (C=O) groups is 1. The summed E-state index contributed by atoms with van der Waals surface area (Å²) in [5.74, 6) is 0.644. The van der Waals surface area contributed by atoms with Crippen molar-refractivity contribution in [2.45, 2.75) is 32.4 Å². The molecule has 0 bridgehead atoms. The van der Waals surface area contributed by atoms with Crippen LogP contribution in [-0.4, -0.2) is 41.7 Å². The van der Waals surface area contributed by atoms with E-state index < -0.39 is 0 Å². The highest BCUT2D eigenvalue weighted by Gasteiger charge is 2.21. The Kier molecular flexibility index (Phi) is 7.03. The minimum Gasteiger partial charge on any atom is -0.487 e. The molecule has 2 amide bonds. The summed E-state index contributed by atoms with van der Waals surface area (Å²) in [7, 11) is 0. The van der Waals surface area contributed by atoms with Crippen LogP contribution in [0.25, 0.3) is 0 Å². The second-order valence-corrected chi connectivity index (χ2v) is 7.21. The van der Waals surface area contributed by atoms with Crippen LogP contribution in [0.15, 0.2) is 60.8 Å². The quantitative estimate of drug-likeness (QED) is 0.717. The molecular formula is C22H28N4O2. The third kappa shape index (κ3) is 6.09. The van der Waals surface area contributed by atoms with E-state index in [1.807, 2.05) is 55.6 Å². The lowest BCUT2D eigenvalue weighted by atomic mass is 10.1. The minimum absolute atomic E-state index is 0.170. The molecule has 6 nitrogen and oxygen atoms in total. The standard InChI is InChI=1S/C22H28N4O2/c1-17(2)16-28-21-9-4-3-8-20(21)25-22(27)24-18-10-13-26(14-11-18)15-19-7-5-6-12-23-19/h3-9,12,18H,1,10-11,13-16H2,2H3,(H2,24,25,27). The Balaban J connectivity index is 1.45. The van der Waals surface area contributed by atoms with Crippen LogP contribution in [0.1, 0.15) is 25.5 Å². The summed E-state index contributed by atoms with van der Waals surface area (Å²) in [6.45, 7) is 8.91. The fourth-order valence-corrected chi connectivity index (χ4v) is 3.20. The fraction of sp³-hybridized carbons (Fsp3) is 0.364. The lowest BCUT2D eigenvalue weighted by Gasteiger charge is -2.32. The van der Waals surface area contributed by atoms with Gasteiger partial charge in [0.2, 0.25) is 0 Å². The van der Waals surface area contributed by atoms with E-state index >= 15 is 0 Å². The molecule has 1 aromatic heterocycles. The molecule has 0 unspecified atom stereocenters. The molecule has 28 heavy (non-hydrogen) atoms. The van der Waals surface area contributed by atoms with E-state index in [0.29, 0.717) is 18.0 Å². The first-order chi connectivity index (χ1) is 13.6. The predicted octanol–water partition coefficient (Wildman–Crippen LogP) is 3.82. The van der Waals surface area contributed by atoms with Crippen molar-refractivity contribution in [1.82, 2.24) is 15.2 Å². The average molecular weight is 380 g/mol. The molecule has 1 aliphatic rings. The number of urea groups is 1. The normalized spacial score (nSPS) is 15.0. The van der Waals surface area contributed by atoms with Crippen molar-refractivity contribution < 1.29 is 9.53 Å². The average Bonchev–Trinajstić information content (AvgIpc) is 2.69. The smallest absolute Gasteiger partial charge is 0.319 e. The number of nitrogens with one attached hydrogen (secondary N) is 2. The molecule has 6 heteroatoms. The number of para-hydroxylation sites is 2. The number of aromatic nitrogens is 1. The highest BCUT2D eigenvalue weighted by Crippen LogP contribution is 2.24. The van der Waals surface area contributed by atoms with Gasteiger partial charge >= 0.3 is 6.03 Å². The number of carbonyl (C=O) groups excluding carboxylic acids is 1. The number of likely N-dealkylation sites (tertiary alicyclic amines) is 1. The molecule has 2 aromatic rings. The van der Waals surface area contributed by atoms with Gasteiger partial charge in [-0.05, 0) is 49.6 Å². The first-order valence-corrected chi connectivity index (χ1v) is 9.66. The zero-order valence-corrected chi connectivity index (χ0v) is 16.4. The molecule has 0 aliphatic carbocycles. The maximum atomic E-state index is 12.4. The zero-order chi connectivity index (χ0) is 19.8. The summed E-state index contributed by atoms with van der Waals surface area (Å²) in [5.41, 5.74) is 2.67. The Morgan fingerprint density at radius 1 is 1.21 bits per heavy atom. The summed E-state index contributed by atoms with van der Waals surface area (Å²) >= 11 is 0. The number of piperidine rings is 1. The van der Waals surface area contributed by atoms with E-state index in [1.54, 1.807) is 0 Å². The topological polar surface area (TPSA) is 66.5 Å². The van der Waals surface area contributed by atoms with Gasteiger partial charge in [-0.15, -0.1) is 0 Å². The molecule has 0 saturated carbocycles. The molecule has 1 aromatic carbocycles. The second-order valence-electron chi connectivity index (χ2n) is 7.21. The Hall–Kier alpha value is -2.86. The van der Waals surface area contributed by atoms with Gasteiger partial charge in [-0.2, -0.15) is 0 Å². The SMILES string of the molecule is C=C(C)COc1ccccc1NC(=O)NC1CCN(Cc2ccccn2)CC1. The van der Waals surface area contributed by atoms with Gasteiger partial charge in [-0.25, -0.2) is 4.79 Å². The van der Waals surface area contributed by atoms with Crippen LogP contribution >= 0.6 is 0 Å². The number of pyridine rings is 1. The van der Waals surface area contributed by atoms with Crippen molar-refractivity contribution in [1.29, 1.82) is 0 Å². The van der Waals surface area contributed by atoms with Gasteiger partial charge in [0.1, 0.15) is 12.4 Å². The molecular weight excluding hydrogens is 352 g/mol. The summed E-state index contributed by atoms with van der Waals surface area (Å²) < 4.78 is 5.71. The first-order valence-electron chi connectivity index (χ1n) is 9.66. The van der Waals surface area contributed by atoms with Crippen molar-refractivity contribution in [3.63, 3.8) is 0 Å². The van der Waals surface area contributed by atoms with E-state index in [4.69, 9.17) is 4.74 Å². The van der Waals surface area contributed by atoms with Gasteiger partial charge in [-0.3, -0.25) is 9.88 Å². The van der Waals surface area contributed by atoms with Crippen LogP contribution in [0, 0.1) is 0 Å². The number of anilines is 1. The molecule has 1 aliphatic heterocycles. The monoisotopic (exact) mass is 380 g/mol. The molecule has 3 rings (SSSR count). The van der Waals surface area contributed by atoms with Crippen LogP contribution in [-0.2, 0) is 6.54 Å². The number of rotatable bonds is 7. The summed E-state index contributed by atoms with van der Waals surface area (Å²) in [6.07, 6.45) is 3.67. The number of benzene rings is 1. The van der Waals surface area contributed by atoms with Crippen molar-refractivity contribution in [3.8, 4) is 5.75 Å². The number of ether oxygens (including phenoxy) is 1. The van der Waals surface area contributed by atoms with Crippen molar-refractivity contribution in [3.05, 3.63) is 66.5 Å². The number of hydrogen-bond acceptors (Lipinski definition) is 4. The molecule has 1 fully saturated rings. The van der Waals surface area contributed by atoms with Gasteiger partial charge in [0.15, 0.2) is 0 Å². The van der Waals surface area contributed by atoms with E-state index in [1.165, 1.54) is 0 Å². The van der Waals surface area contributed by atoms with Crippen molar-refractivity contribution in [2.24, 2.45) is 0 Å². The number of hydrogen-bond donors (Lipinski definition) is 2. The highest BCUT2D eigenvalue weighted by atomic mass is 16.5. The molecule has 0 spiro atoms. The Labute approximate surface area is 166 Å². The van der Waals surface area contributed by atoms with Crippen LogP contribution < -0.4 is 15.4 Å². The van der Waals surface area contributed by atoms with Crippen LogP contribution in [0.4, 0.5) is 10.5 Å². The van der Waals surface area contributed by atoms with Gasteiger partial charge in [-0.1, -0.05) is 24.8 Å². The van der Waals surface area contributed by atoms with Gasteiger partial charge in [0, 0.05) is 31.9 Å². The third-order valence-electron chi connectivity index (χ3n) is 4.64. The molecule has 148 valence electrons. The highest BCUT2D eigenvalue weighted by molar-refractivity contribution is 5.91. The van der Waals surface area contributed by atoms with E-state index in [-0.39, 0.29) is 12.1 Å². The molecule has 1 saturated heterocycles. The summed E-state index contributed by atoms with van der Waals surface area (Å²) in [5, 5.41) is 5.98. The lowest BCUT2D eigenvalue weighted by molar-refractivity contribution is 0.188. The van der Waals surface area contributed by atoms with E-state index in [9.17, 15) is 4.79 Å². The van der Waals surface area contributed by atoms with Crippen molar-refractivity contribution >= 4 is 11.7 Å². The molecule has 2 N–H and O–H groups in total. The van der Waals surface area contributed by atoms with Gasteiger partial charge in [0.05, 0.1) is 11.4 Å². The van der Waals surface area contributed by atoms with Crippen LogP contribution in [0.3, 0.4) is 0 Å². The Morgan fingerprint density at radius 2 is 1.96 bits per heavy atom. The zero-order valence-electron chi connectivity index (χ0n) is 16.4. The lowest BCUT2D eigenvalue weighted by Crippen LogP contribution is -2.45. The van der Waals surface area contributed by atoms with Crippen LogP contribution in [0.2, 0.25) is 0 Å². The first kappa shape index (κ1) is 19.9. The summed E-state index contributed by atoms with van der Waals surface area (Å²) in [4.78, 5) is 19.2. The fourth-order valence-electron chi connectivity index (χ4n) is 3.20. The Bertz CT molecular complexity index is 786.